The SMILES string of the molecule is COc1cc(COCC2CCN(C(=O)C=Cc3cccs3)CC2)cc(OC)c1. The number of benzene rings is 1. The highest BCUT2D eigenvalue weighted by Gasteiger charge is 2.21. The van der Waals surface area contributed by atoms with E-state index < -0.39 is 0 Å². The molecule has 0 saturated carbocycles. The number of ether oxygens (including phenoxy) is 3. The lowest BCUT2D eigenvalue weighted by atomic mass is 9.98. The molecule has 3 rings (SSSR count). The summed E-state index contributed by atoms with van der Waals surface area (Å²) in [5, 5.41) is 2.01. The van der Waals surface area contributed by atoms with Gasteiger partial charge in [-0.25, -0.2) is 0 Å². The van der Waals surface area contributed by atoms with Crippen molar-refractivity contribution < 1.29 is 19.0 Å². The first-order valence-corrected chi connectivity index (χ1v) is 10.4. The number of likely N-dealkylation sites (tertiary alicyclic amines) is 1. The number of hydrogen-bond acceptors (Lipinski definition) is 5. The van der Waals surface area contributed by atoms with Crippen LogP contribution in [0, 0.1) is 5.92 Å². The molecule has 0 unspecified atom stereocenters. The molecule has 1 saturated heterocycles. The van der Waals surface area contributed by atoms with Crippen LogP contribution in [0.25, 0.3) is 6.08 Å². The van der Waals surface area contributed by atoms with Crippen molar-refractivity contribution in [1.29, 1.82) is 0 Å². The Hall–Kier alpha value is -2.31. The van der Waals surface area contributed by atoms with Crippen molar-refractivity contribution in [2.24, 2.45) is 5.92 Å². The Balaban J connectivity index is 1.40. The van der Waals surface area contributed by atoms with Crippen molar-refractivity contribution in [2.75, 3.05) is 33.9 Å². The molecule has 1 fully saturated rings. The van der Waals surface area contributed by atoms with Gasteiger partial charge >= 0.3 is 0 Å². The minimum atomic E-state index is 0.0937. The molecule has 0 aliphatic carbocycles. The molecule has 1 aliphatic heterocycles. The normalized spacial score (nSPS) is 15.1. The molecule has 1 aliphatic rings. The first-order chi connectivity index (χ1) is 13.7. The van der Waals surface area contributed by atoms with Crippen LogP contribution < -0.4 is 9.47 Å². The highest BCUT2D eigenvalue weighted by Crippen LogP contribution is 2.24. The molecule has 150 valence electrons. The van der Waals surface area contributed by atoms with Crippen LogP contribution in [0.1, 0.15) is 23.3 Å². The Bertz CT molecular complexity index is 758. The fraction of sp³-hybridized carbons (Fsp3) is 0.409. The van der Waals surface area contributed by atoms with Crippen molar-refractivity contribution in [3.63, 3.8) is 0 Å². The molecule has 0 atom stereocenters. The van der Waals surface area contributed by atoms with E-state index in [1.165, 1.54) is 0 Å². The summed E-state index contributed by atoms with van der Waals surface area (Å²) in [6, 6.07) is 9.77. The Morgan fingerprint density at radius 2 is 1.89 bits per heavy atom. The Morgan fingerprint density at radius 1 is 1.18 bits per heavy atom. The second-order valence-electron chi connectivity index (χ2n) is 6.85. The number of amides is 1. The van der Waals surface area contributed by atoms with Gasteiger partial charge in [0, 0.05) is 36.7 Å². The number of nitrogens with zero attached hydrogens (tertiary/aromatic N) is 1. The van der Waals surface area contributed by atoms with Crippen LogP contribution in [-0.4, -0.2) is 44.7 Å². The second-order valence-corrected chi connectivity index (χ2v) is 7.83. The van der Waals surface area contributed by atoms with E-state index in [-0.39, 0.29) is 5.91 Å². The summed E-state index contributed by atoms with van der Waals surface area (Å²) in [6.45, 7) is 2.80. The summed E-state index contributed by atoms with van der Waals surface area (Å²) >= 11 is 1.63. The van der Waals surface area contributed by atoms with Gasteiger partial charge in [0.15, 0.2) is 0 Å². The molecule has 1 amide bonds. The minimum absolute atomic E-state index is 0.0937. The number of carbonyl (C=O) groups excluding carboxylic acids is 1. The van der Waals surface area contributed by atoms with Gasteiger partial charge in [-0.2, -0.15) is 0 Å². The van der Waals surface area contributed by atoms with Gasteiger partial charge in [-0.1, -0.05) is 6.07 Å². The lowest BCUT2D eigenvalue weighted by molar-refractivity contribution is -0.127. The number of hydrogen-bond donors (Lipinski definition) is 0. The van der Waals surface area contributed by atoms with Gasteiger partial charge in [-0.05, 0) is 54.0 Å². The van der Waals surface area contributed by atoms with Gasteiger partial charge in [-0.3, -0.25) is 4.79 Å². The minimum Gasteiger partial charge on any atom is -0.497 e. The maximum Gasteiger partial charge on any atom is 0.246 e. The fourth-order valence-electron chi connectivity index (χ4n) is 3.26. The van der Waals surface area contributed by atoms with E-state index in [1.807, 2.05) is 46.7 Å². The van der Waals surface area contributed by atoms with Gasteiger partial charge in [-0.15, -0.1) is 11.3 Å². The van der Waals surface area contributed by atoms with E-state index in [0.717, 1.165) is 47.9 Å². The summed E-state index contributed by atoms with van der Waals surface area (Å²) in [7, 11) is 3.29. The zero-order valence-corrected chi connectivity index (χ0v) is 17.2. The third-order valence-corrected chi connectivity index (χ3v) is 5.73. The quantitative estimate of drug-likeness (QED) is 0.621. The molecule has 28 heavy (non-hydrogen) atoms. The largest absolute Gasteiger partial charge is 0.497 e. The van der Waals surface area contributed by atoms with Gasteiger partial charge in [0.25, 0.3) is 0 Å². The van der Waals surface area contributed by atoms with Crippen LogP contribution >= 0.6 is 11.3 Å². The molecule has 2 aromatic rings. The first-order valence-electron chi connectivity index (χ1n) is 9.48. The van der Waals surface area contributed by atoms with E-state index in [1.54, 1.807) is 31.6 Å². The summed E-state index contributed by atoms with van der Waals surface area (Å²) in [4.78, 5) is 15.3. The maximum absolute atomic E-state index is 12.3. The molecule has 0 spiro atoms. The summed E-state index contributed by atoms with van der Waals surface area (Å²) in [6.07, 6.45) is 5.52. The number of thiophene rings is 1. The highest BCUT2D eigenvalue weighted by atomic mass is 32.1. The standard InChI is InChI=1S/C22H27NO4S/c1-25-19-12-18(13-20(14-19)26-2)16-27-15-17-7-9-23(10-8-17)22(24)6-5-21-4-3-11-28-21/h3-6,11-14,17H,7-10,15-16H2,1-2H3. The average molecular weight is 402 g/mol. The van der Waals surface area contributed by atoms with Crippen LogP contribution in [0.3, 0.4) is 0 Å². The van der Waals surface area contributed by atoms with Crippen LogP contribution in [0.15, 0.2) is 41.8 Å². The molecular formula is C22H27NO4S. The van der Waals surface area contributed by atoms with Gasteiger partial charge < -0.3 is 19.1 Å². The van der Waals surface area contributed by atoms with Gasteiger partial charge in [0.2, 0.25) is 5.91 Å². The monoisotopic (exact) mass is 401 g/mol. The summed E-state index contributed by atoms with van der Waals surface area (Å²) < 4.78 is 16.5. The molecule has 1 aromatic heterocycles. The summed E-state index contributed by atoms with van der Waals surface area (Å²) in [5.41, 5.74) is 1.03. The van der Waals surface area contributed by atoms with E-state index in [0.29, 0.717) is 19.1 Å². The molecule has 0 radical (unpaired) electrons. The molecule has 5 nitrogen and oxygen atoms in total. The third kappa shape index (κ3) is 5.84. The topological polar surface area (TPSA) is 48.0 Å². The van der Waals surface area contributed by atoms with E-state index >= 15 is 0 Å². The summed E-state index contributed by atoms with van der Waals surface area (Å²) in [5.74, 6) is 2.11. The van der Waals surface area contributed by atoms with Crippen molar-refractivity contribution in [1.82, 2.24) is 4.90 Å². The lowest BCUT2D eigenvalue weighted by Gasteiger charge is -2.31. The zero-order chi connectivity index (χ0) is 19.8. The van der Waals surface area contributed by atoms with E-state index in [2.05, 4.69) is 0 Å². The molecule has 2 heterocycles. The second kappa shape index (κ2) is 10.3. The predicted octanol–water partition coefficient (Wildman–Crippen LogP) is 4.23. The Kier molecular flexibility index (Phi) is 7.51. The van der Waals surface area contributed by atoms with Crippen molar-refractivity contribution >= 4 is 23.3 Å². The van der Waals surface area contributed by atoms with Gasteiger partial charge in [0.1, 0.15) is 11.5 Å². The van der Waals surface area contributed by atoms with Crippen molar-refractivity contribution in [2.45, 2.75) is 19.4 Å². The first kappa shape index (κ1) is 20.4. The molecule has 0 N–H and O–H groups in total. The van der Waals surface area contributed by atoms with Crippen LogP contribution in [0.4, 0.5) is 0 Å². The lowest BCUT2D eigenvalue weighted by Crippen LogP contribution is -2.38. The molecule has 0 bridgehead atoms. The third-order valence-electron chi connectivity index (χ3n) is 4.89. The molecule has 6 heteroatoms. The van der Waals surface area contributed by atoms with Crippen molar-refractivity contribution in [3.05, 3.63) is 52.2 Å². The van der Waals surface area contributed by atoms with Crippen molar-refractivity contribution in [3.8, 4) is 11.5 Å². The number of piperidine rings is 1. The smallest absolute Gasteiger partial charge is 0.246 e. The Labute approximate surface area is 170 Å². The number of methoxy groups -OCH3 is 2. The van der Waals surface area contributed by atoms with Gasteiger partial charge in [0.05, 0.1) is 20.8 Å². The fourth-order valence-corrected chi connectivity index (χ4v) is 3.88. The highest BCUT2D eigenvalue weighted by molar-refractivity contribution is 7.10. The van der Waals surface area contributed by atoms with Crippen LogP contribution in [-0.2, 0) is 16.1 Å². The molecular weight excluding hydrogens is 374 g/mol. The number of rotatable bonds is 8. The Morgan fingerprint density at radius 3 is 2.50 bits per heavy atom. The van der Waals surface area contributed by atoms with Crippen LogP contribution in [0.2, 0.25) is 0 Å². The number of carbonyl (C=O) groups is 1. The van der Waals surface area contributed by atoms with Crippen LogP contribution in [0.5, 0.6) is 11.5 Å². The average Bonchev–Trinajstić information content (AvgIpc) is 3.26. The maximum atomic E-state index is 12.3. The predicted molar refractivity (Wildman–Crippen MR) is 112 cm³/mol. The van der Waals surface area contributed by atoms with E-state index in [4.69, 9.17) is 14.2 Å². The molecule has 1 aromatic carbocycles. The zero-order valence-electron chi connectivity index (χ0n) is 16.4. The van der Waals surface area contributed by atoms with E-state index in [9.17, 15) is 4.79 Å².